The number of nitrogens with two attached hydrogens (primary N) is 1. The number of ether oxygens (including phenoxy) is 1. The van der Waals surface area contributed by atoms with Gasteiger partial charge in [0.05, 0.1) is 6.10 Å². The van der Waals surface area contributed by atoms with Crippen molar-refractivity contribution in [3.05, 3.63) is 0 Å². The molecular weight excluding hydrogens is 188 g/mol. The molecule has 1 atom stereocenters. The molecule has 1 unspecified atom stereocenters. The Morgan fingerprint density at radius 3 is 2.73 bits per heavy atom. The van der Waals surface area contributed by atoms with Gasteiger partial charge in [-0.2, -0.15) is 0 Å². The summed E-state index contributed by atoms with van der Waals surface area (Å²) in [5, 5.41) is 0. The Kier molecular flexibility index (Phi) is 3.65. The Bertz CT molecular complexity index is 198. The number of rotatable bonds is 5. The van der Waals surface area contributed by atoms with Crippen LogP contribution in [-0.4, -0.2) is 43.3 Å². The molecule has 3 heteroatoms. The second-order valence-corrected chi connectivity index (χ2v) is 5.36. The molecule has 0 aromatic rings. The van der Waals surface area contributed by atoms with Crippen LogP contribution in [-0.2, 0) is 4.74 Å². The average molecular weight is 212 g/mol. The Hall–Kier alpha value is -0.120. The highest BCUT2D eigenvalue weighted by Crippen LogP contribution is 2.32. The number of hydrogen-bond acceptors (Lipinski definition) is 3. The highest BCUT2D eigenvalue weighted by atomic mass is 16.5. The molecule has 0 spiro atoms. The molecule has 1 heterocycles. The molecule has 0 aromatic heterocycles. The zero-order valence-corrected chi connectivity index (χ0v) is 9.87. The number of hydrogen-bond donors (Lipinski definition) is 1. The van der Waals surface area contributed by atoms with Gasteiger partial charge >= 0.3 is 0 Å². The van der Waals surface area contributed by atoms with E-state index in [9.17, 15) is 0 Å². The third-order valence-electron chi connectivity index (χ3n) is 3.88. The second kappa shape index (κ2) is 4.81. The van der Waals surface area contributed by atoms with E-state index in [0.717, 1.165) is 26.1 Å². The van der Waals surface area contributed by atoms with Crippen molar-refractivity contribution in [2.24, 2.45) is 5.73 Å². The summed E-state index contributed by atoms with van der Waals surface area (Å²) in [6.45, 7) is 3.16. The fourth-order valence-electron chi connectivity index (χ4n) is 2.52. The monoisotopic (exact) mass is 212 g/mol. The summed E-state index contributed by atoms with van der Waals surface area (Å²) in [5.41, 5.74) is 6.37. The molecule has 0 aromatic carbocycles. The fourth-order valence-corrected chi connectivity index (χ4v) is 2.52. The highest BCUT2D eigenvalue weighted by Gasteiger charge is 2.32. The van der Waals surface area contributed by atoms with Gasteiger partial charge in [-0.05, 0) is 52.1 Å². The van der Waals surface area contributed by atoms with E-state index in [1.807, 2.05) is 0 Å². The first kappa shape index (κ1) is 11.4. The van der Waals surface area contributed by atoms with Gasteiger partial charge in [-0.3, -0.25) is 0 Å². The molecule has 2 N–H and O–H groups in total. The van der Waals surface area contributed by atoms with Gasteiger partial charge in [0.1, 0.15) is 0 Å². The highest BCUT2D eigenvalue weighted by molar-refractivity contribution is 4.92. The van der Waals surface area contributed by atoms with E-state index >= 15 is 0 Å². The van der Waals surface area contributed by atoms with Crippen LogP contribution >= 0.6 is 0 Å². The van der Waals surface area contributed by atoms with E-state index in [2.05, 4.69) is 11.9 Å². The molecule has 1 aliphatic heterocycles. The van der Waals surface area contributed by atoms with Crippen LogP contribution in [0, 0.1) is 0 Å². The maximum atomic E-state index is 6.20. The minimum atomic E-state index is 0.171. The summed E-state index contributed by atoms with van der Waals surface area (Å²) in [5.74, 6) is 0. The molecule has 1 saturated heterocycles. The van der Waals surface area contributed by atoms with Gasteiger partial charge in [-0.25, -0.2) is 0 Å². The van der Waals surface area contributed by atoms with Gasteiger partial charge in [0, 0.05) is 18.7 Å². The van der Waals surface area contributed by atoms with Gasteiger partial charge in [0.15, 0.2) is 0 Å². The lowest BCUT2D eigenvalue weighted by Crippen LogP contribution is -2.48. The predicted molar refractivity (Wildman–Crippen MR) is 61.9 cm³/mol. The van der Waals surface area contributed by atoms with Crippen molar-refractivity contribution in [2.75, 3.05) is 26.7 Å². The van der Waals surface area contributed by atoms with E-state index in [4.69, 9.17) is 10.5 Å². The smallest absolute Gasteiger partial charge is 0.0702 e. The zero-order valence-electron chi connectivity index (χ0n) is 9.87. The molecule has 0 radical (unpaired) electrons. The summed E-state index contributed by atoms with van der Waals surface area (Å²) >= 11 is 0. The minimum Gasteiger partial charge on any atom is -0.377 e. The standard InChI is InChI=1S/C12H24N2O/c1-14(10-11-4-2-9-15-11)8-7-12(13)5-3-6-12/h11H,2-10,13H2,1H3. The van der Waals surface area contributed by atoms with Gasteiger partial charge in [0.2, 0.25) is 0 Å². The second-order valence-electron chi connectivity index (χ2n) is 5.36. The number of likely N-dealkylation sites (N-methyl/N-ethyl adjacent to an activating group) is 1. The third kappa shape index (κ3) is 3.16. The van der Waals surface area contributed by atoms with Crippen molar-refractivity contribution in [3.8, 4) is 0 Å². The summed E-state index contributed by atoms with van der Waals surface area (Å²) in [6, 6.07) is 0. The van der Waals surface area contributed by atoms with Crippen molar-refractivity contribution in [3.63, 3.8) is 0 Å². The largest absolute Gasteiger partial charge is 0.377 e. The molecule has 3 nitrogen and oxygen atoms in total. The molecule has 0 bridgehead atoms. The van der Waals surface area contributed by atoms with Crippen LogP contribution in [0.2, 0.25) is 0 Å². The zero-order chi connectivity index (χ0) is 10.7. The molecular formula is C12H24N2O. The summed E-state index contributed by atoms with van der Waals surface area (Å²) < 4.78 is 5.62. The lowest BCUT2D eigenvalue weighted by molar-refractivity contribution is 0.0763. The fraction of sp³-hybridized carbons (Fsp3) is 1.00. The van der Waals surface area contributed by atoms with Crippen LogP contribution in [0.3, 0.4) is 0 Å². The van der Waals surface area contributed by atoms with Gasteiger partial charge in [-0.15, -0.1) is 0 Å². The first-order chi connectivity index (χ1) is 7.18. The van der Waals surface area contributed by atoms with E-state index < -0.39 is 0 Å². The Balaban J connectivity index is 1.61. The molecule has 1 aliphatic carbocycles. The predicted octanol–water partition coefficient (Wildman–Crippen LogP) is 1.37. The Morgan fingerprint density at radius 2 is 2.20 bits per heavy atom. The Morgan fingerprint density at radius 1 is 1.40 bits per heavy atom. The van der Waals surface area contributed by atoms with E-state index in [0.29, 0.717) is 6.10 Å². The van der Waals surface area contributed by atoms with Crippen molar-refractivity contribution in [1.82, 2.24) is 4.90 Å². The quantitative estimate of drug-likeness (QED) is 0.748. The van der Waals surface area contributed by atoms with Crippen molar-refractivity contribution in [2.45, 2.75) is 50.2 Å². The van der Waals surface area contributed by atoms with Crippen LogP contribution in [0.5, 0.6) is 0 Å². The SMILES string of the molecule is CN(CCC1(N)CCC1)CC1CCCO1. The van der Waals surface area contributed by atoms with E-state index in [1.165, 1.54) is 32.1 Å². The van der Waals surface area contributed by atoms with E-state index in [-0.39, 0.29) is 5.54 Å². The third-order valence-corrected chi connectivity index (χ3v) is 3.88. The topological polar surface area (TPSA) is 38.5 Å². The minimum absolute atomic E-state index is 0.171. The molecule has 2 fully saturated rings. The van der Waals surface area contributed by atoms with Gasteiger partial charge in [0.25, 0.3) is 0 Å². The summed E-state index contributed by atoms with van der Waals surface area (Å²) in [6.07, 6.45) is 7.87. The molecule has 0 amide bonds. The van der Waals surface area contributed by atoms with Gasteiger partial charge < -0.3 is 15.4 Å². The van der Waals surface area contributed by atoms with Crippen LogP contribution in [0.1, 0.15) is 38.5 Å². The first-order valence-electron chi connectivity index (χ1n) is 6.27. The summed E-state index contributed by atoms with van der Waals surface area (Å²) in [4.78, 5) is 2.38. The number of nitrogens with zero attached hydrogens (tertiary/aromatic N) is 1. The molecule has 2 aliphatic rings. The van der Waals surface area contributed by atoms with Crippen molar-refractivity contribution in [1.29, 1.82) is 0 Å². The maximum absolute atomic E-state index is 6.20. The van der Waals surface area contributed by atoms with Crippen molar-refractivity contribution < 1.29 is 4.74 Å². The molecule has 2 rings (SSSR count). The molecule has 15 heavy (non-hydrogen) atoms. The van der Waals surface area contributed by atoms with Crippen LogP contribution in [0.4, 0.5) is 0 Å². The lowest BCUT2D eigenvalue weighted by atomic mass is 9.75. The molecule has 1 saturated carbocycles. The molecule has 88 valence electrons. The first-order valence-corrected chi connectivity index (χ1v) is 6.27. The van der Waals surface area contributed by atoms with Crippen molar-refractivity contribution >= 4 is 0 Å². The van der Waals surface area contributed by atoms with E-state index in [1.54, 1.807) is 0 Å². The van der Waals surface area contributed by atoms with Crippen LogP contribution < -0.4 is 5.73 Å². The summed E-state index contributed by atoms with van der Waals surface area (Å²) in [7, 11) is 2.18. The lowest BCUT2D eigenvalue weighted by Gasteiger charge is -2.39. The van der Waals surface area contributed by atoms with Crippen LogP contribution in [0.15, 0.2) is 0 Å². The average Bonchev–Trinajstić information content (AvgIpc) is 2.64. The van der Waals surface area contributed by atoms with Gasteiger partial charge in [-0.1, -0.05) is 0 Å². The maximum Gasteiger partial charge on any atom is 0.0702 e. The van der Waals surface area contributed by atoms with Crippen LogP contribution in [0.25, 0.3) is 0 Å². The normalized spacial score (nSPS) is 29.4. The Labute approximate surface area is 93.0 Å².